The lowest BCUT2D eigenvalue weighted by Crippen LogP contribution is -2.18. The van der Waals surface area contributed by atoms with Gasteiger partial charge in [0.2, 0.25) is 0 Å². The molecule has 6 heteroatoms. The Bertz CT molecular complexity index is 897. The number of rotatable bonds is 5. The van der Waals surface area contributed by atoms with Crippen molar-refractivity contribution in [1.29, 1.82) is 0 Å². The van der Waals surface area contributed by atoms with Crippen molar-refractivity contribution >= 4 is 27.5 Å². The zero-order valence-corrected chi connectivity index (χ0v) is 13.3. The molecule has 5 nitrogen and oxygen atoms in total. The largest absolute Gasteiger partial charge is 0.493 e. The van der Waals surface area contributed by atoms with Crippen LogP contribution in [-0.2, 0) is 11.3 Å². The molecule has 1 aromatic heterocycles. The molecule has 0 aliphatic heterocycles. The first-order chi connectivity index (χ1) is 11.2. The van der Waals surface area contributed by atoms with Crippen LogP contribution in [0, 0.1) is 0 Å². The summed E-state index contributed by atoms with van der Waals surface area (Å²) in [6, 6.07) is 14.5. The van der Waals surface area contributed by atoms with Crippen molar-refractivity contribution in [2.24, 2.45) is 0 Å². The maximum Gasteiger partial charge on any atom is 0.313 e. The average Bonchev–Trinajstić information content (AvgIpc) is 2.88. The van der Waals surface area contributed by atoms with Crippen LogP contribution in [0.1, 0.15) is 6.42 Å². The number of carbonyl (C=O) groups is 1. The van der Waals surface area contributed by atoms with E-state index in [0.29, 0.717) is 11.5 Å². The van der Waals surface area contributed by atoms with Crippen molar-refractivity contribution in [3.8, 4) is 11.5 Å². The molecule has 0 saturated carbocycles. The number of hydrogen-bond acceptors (Lipinski definition) is 5. The second kappa shape index (κ2) is 6.66. The van der Waals surface area contributed by atoms with Crippen LogP contribution in [0.5, 0.6) is 11.5 Å². The summed E-state index contributed by atoms with van der Waals surface area (Å²) in [5, 5.41) is 0. The lowest BCUT2D eigenvalue weighted by molar-refractivity contribution is -0.134. The Morgan fingerprint density at radius 2 is 1.78 bits per heavy atom. The highest BCUT2D eigenvalue weighted by molar-refractivity contribution is 7.16. The Hall–Kier alpha value is -2.60. The molecule has 118 valence electrons. The van der Waals surface area contributed by atoms with Crippen LogP contribution < -0.4 is 14.3 Å². The van der Waals surface area contributed by atoms with Gasteiger partial charge < -0.3 is 9.47 Å². The fourth-order valence-corrected chi connectivity index (χ4v) is 3.22. The molecule has 3 rings (SSSR count). The molecule has 0 saturated heterocycles. The third kappa shape index (κ3) is 3.27. The van der Waals surface area contributed by atoms with Gasteiger partial charge >= 0.3 is 10.8 Å². The predicted octanol–water partition coefficient (Wildman–Crippen LogP) is 3.07. The van der Waals surface area contributed by atoms with Crippen LogP contribution in [0.4, 0.5) is 0 Å². The van der Waals surface area contributed by atoms with Gasteiger partial charge in [-0.2, -0.15) is 0 Å². The molecule has 0 spiro atoms. The Labute approximate surface area is 136 Å². The molecule has 0 amide bonds. The molecule has 0 atom stereocenters. The lowest BCUT2D eigenvalue weighted by Gasteiger charge is -2.09. The summed E-state index contributed by atoms with van der Waals surface area (Å²) in [6.45, 7) is 0.289. The fourth-order valence-electron chi connectivity index (χ4n) is 2.31. The maximum absolute atomic E-state index is 12.0. The standard InChI is InChI=1S/C17H15NO4S/c1-21-13-7-3-4-8-14(13)22-16(19)10-11-18-12-6-2-5-9-15(12)23-17(18)20/h2-9H,10-11H2,1H3. The van der Waals surface area contributed by atoms with Gasteiger partial charge in [-0.25, -0.2) is 0 Å². The number of esters is 1. The normalized spacial score (nSPS) is 10.7. The number of ether oxygens (including phenoxy) is 2. The number of fused-ring (bicyclic) bond motifs is 1. The Morgan fingerprint density at radius 1 is 1.09 bits per heavy atom. The minimum Gasteiger partial charge on any atom is -0.493 e. The number of hydrogen-bond donors (Lipinski definition) is 0. The van der Waals surface area contributed by atoms with Gasteiger partial charge in [0.1, 0.15) is 0 Å². The molecule has 0 unspecified atom stereocenters. The zero-order valence-electron chi connectivity index (χ0n) is 12.5. The van der Waals surface area contributed by atoms with Crippen LogP contribution in [-0.4, -0.2) is 17.6 Å². The molecular weight excluding hydrogens is 314 g/mol. The summed E-state index contributed by atoms with van der Waals surface area (Å²) in [7, 11) is 1.52. The first-order valence-electron chi connectivity index (χ1n) is 7.11. The summed E-state index contributed by atoms with van der Waals surface area (Å²) in [5.74, 6) is 0.471. The predicted molar refractivity (Wildman–Crippen MR) is 89.3 cm³/mol. The smallest absolute Gasteiger partial charge is 0.313 e. The van der Waals surface area contributed by atoms with Crippen molar-refractivity contribution in [3.63, 3.8) is 0 Å². The number of para-hydroxylation sites is 3. The number of carbonyl (C=O) groups excluding carboxylic acids is 1. The average molecular weight is 329 g/mol. The van der Waals surface area contributed by atoms with Crippen LogP contribution in [0.25, 0.3) is 10.2 Å². The molecule has 0 bridgehead atoms. The van der Waals surface area contributed by atoms with Crippen LogP contribution >= 0.6 is 11.3 Å². The van der Waals surface area contributed by atoms with Crippen molar-refractivity contribution < 1.29 is 14.3 Å². The topological polar surface area (TPSA) is 57.5 Å². The van der Waals surface area contributed by atoms with E-state index in [1.54, 1.807) is 28.8 Å². The van der Waals surface area contributed by atoms with Gasteiger partial charge in [0.25, 0.3) is 0 Å². The Morgan fingerprint density at radius 3 is 2.57 bits per heavy atom. The lowest BCUT2D eigenvalue weighted by atomic mass is 10.3. The van der Waals surface area contributed by atoms with Crippen molar-refractivity contribution in [1.82, 2.24) is 4.57 Å². The van der Waals surface area contributed by atoms with Gasteiger partial charge in [0.15, 0.2) is 11.5 Å². The quantitative estimate of drug-likeness (QED) is 0.533. The monoisotopic (exact) mass is 329 g/mol. The number of methoxy groups -OCH3 is 1. The molecule has 23 heavy (non-hydrogen) atoms. The van der Waals surface area contributed by atoms with E-state index in [1.165, 1.54) is 18.4 Å². The SMILES string of the molecule is COc1ccccc1OC(=O)CCn1c(=O)sc2ccccc21. The first-order valence-corrected chi connectivity index (χ1v) is 7.93. The first kappa shape index (κ1) is 15.3. The van der Waals surface area contributed by atoms with Gasteiger partial charge in [0.05, 0.1) is 23.7 Å². The molecular formula is C17H15NO4S. The summed E-state index contributed by atoms with van der Waals surface area (Å²) in [6.07, 6.45) is 0.110. The van der Waals surface area contributed by atoms with E-state index < -0.39 is 5.97 Å². The van der Waals surface area contributed by atoms with E-state index in [-0.39, 0.29) is 17.8 Å². The van der Waals surface area contributed by atoms with Crippen LogP contribution in [0.3, 0.4) is 0 Å². The van der Waals surface area contributed by atoms with E-state index >= 15 is 0 Å². The summed E-state index contributed by atoms with van der Waals surface area (Å²) < 4.78 is 13.0. The van der Waals surface area contributed by atoms with Crippen molar-refractivity contribution in [2.45, 2.75) is 13.0 Å². The van der Waals surface area contributed by atoms with Gasteiger partial charge in [-0.15, -0.1) is 0 Å². The highest BCUT2D eigenvalue weighted by Gasteiger charge is 2.12. The number of aromatic nitrogens is 1. The summed E-state index contributed by atoms with van der Waals surface area (Å²) >= 11 is 1.18. The number of nitrogens with zero attached hydrogens (tertiary/aromatic N) is 1. The number of benzene rings is 2. The van der Waals surface area contributed by atoms with Crippen LogP contribution in [0.15, 0.2) is 53.3 Å². The second-order valence-electron chi connectivity index (χ2n) is 4.86. The van der Waals surface area contributed by atoms with E-state index in [4.69, 9.17) is 9.47 Å². The fraction of sp³-hybridized carbons (Fsp3) is 0.176. The summed E-state index contributed by atoms with van der Waals surface area (Å²) in [4.78, 5) is 24.0. The molecule has 3 aromatic rings. The molecule has 2 aromatic carbocycles. The van der Waals surface area contributed by atoms with E-state index in [9.17, 15) is 9.59 Å². The van der Waals surface area contributed by atoms with Gasteiger partial charge in [-0.05, 0) is 24.3 Å². The third-order valence-corrected chi connectivity index (χ3v) is 4.37. The van der Waals surface area contributed by atoms with Gasteiger partial charge in [-0.1, -0.05) is 35.6 Å². The van der Waals surface area contributed by atoms with E-state index in [0.717, 1.165) is 10.2 Å². The molecule has 1 heterocycles. The summed E-state index contributed by atoms with van der Waals surface area (Å²) in [5.41, 5.74) is 0.840. The highest BCUT2D eigenvalue weighted by Crippen LogP contribution is 2.26. The molecule has 0 N–H and O–H groups in total. The van der Waals surface area contributed by atoms with Gasteiger partial charge in [-0.3, -0.25) is 14.2 Å². The maximum atomic E-state index is 12.0. The zero-order chi connectivity index (χ0) is 16.2. The highest BCUT2D eigenvalue weighted by atomic mass is 32.1. The minimum atomic E-state index is -0.406. The van der Waals surface area contributed by atoms with Crippen LogP contribution in [0.2, 0.25) is 0 Å². The number of aryl methyl sites for hydroxylation is 1. The van der Waals surface area contributed by atoms with E-state index in [2.05, 4.69) is 0 Å². The van der Waals surface area contributed by atoms with Crippen molar-refractivity contribution in [3.05, 3.63) is 58.2 Å². The van der Waals surface area contributed by atoms with E-state index in [1.807, 2.05) is 24.3 Å². The third-order valence-electron chi connectivity index (χ3n) is 3.41. The molecule has 0 fully saturated rings. The molecule has 0 aliphatic rings. The molecule has 0 radical (unpaired) electrons. The van der Waals surface area contributed by atoms with Gasteiger partial charge in [0, 0.05) is 6.54 Å². The Kier molecular flexibility index (Phi) is 4.43. The minimum absolute atomic E-state index is 0.0729. The Balaban J connectivity index is 1.71. The molecule has 0 aliphatic carbocycles. The second-order valence-corrected chi connectivity index (χ2v) is 5.86. The van der Waals surface area contributed by atoms with Crippen molar-refractivity contribution in [2.75, 3.05) is 7.11 Å². The number of thiazole rings is 1.